The van der Waals surface area contributed by atoms with Gasteiger partial charge in [0.15, 0.2) is 0 Å². The van der Waals surface area contributed by atoms with Gasteiger partial charge in [0.1, 0.15) is 6.33 Å². The number of nitrogens with one attached hydrogen (secondary N) is 1. The molecule has 26 heavy (non-hydrogen) atoms. The van der Waals surface area contributed by atoms with Crippen molar-refractivity contribution in [2.45, 2.75) is 24.8 Å². The van der Waals surface area contributed by atoms with Crippen molar-refractivity contribution in [2.75, 3.05) is 18.5 Å². The van der Waals surface area contributed by atoms with Gasteiger partial charge in [-0.05, 0) is 53.6 Å². The van der Waals surface area contributed by atoms with E-state index in [0.717, 1.165) is 24.2 Å². The van der Waals surface area contributed by atoms with Crippen LogP contribution in [0.15, 0.2) is 55.1 Å². The van der Waals surface area contributed by atoms with Crippen molar-refractivity contribution in [3.63, 3.8) is 0 Å². The smallest absolute Gasteiger partial charge is 0.226 e. The molecule has 1 saturated heterocycles. The first-order valence-electron chi connectivity index (χ1n) is 8.60. The van der Waals surface area contributed by atoms with Gasteiger partial charge in [-0.25, -0.2) is 4.68 Å². The number of hydrogen-bond acceptors (Lipinski definition) is 5. The first kappa shape index (κ1) is 16.5. The fraction of sp³-hybridized carbons (Fsp3) is 0.333. The van der Waals surface area contributed by atoms with Gasteiger partial charge in [-0.15, -0.1) is 5.10 Å². The lowest BCUT2D eigenvalue weighted by Crippen LogP contribution is -2.42. The number of carbonyl (C=O) groups is 1. The summed E-state index contributed by atoms with van der Waals surface area (Å²) in [7, 11) is 0. The van der Waals surface area contributed by atoms with Gasteiger partial charge in [-0.1, -0.05) is 6.07 Å². The zero-order valence-electron chi connectivity index (χ0n) is 14.3. The molecule has 0 spiro atoms. The molecule has 1 aliphatic heterocycles. The minimum atomic E-state index is -0.237. The summed E-state index contributed by atoms with van der Waals surface area (Å²) in [5.74, 6) is -0.0190. The number of hydrogen-bond donors (Lipinski definition) is 1. The lowest BCUT2D eigenvalue weighted by atomic mass is 9.86. The first-order valence-corrected chi connectivity index (χ1v) is 8.60. The SMILES string of the molecule is O=C(CC1(n2cccc2)CCOCC1)Nc1cccc(-n2cnnn2)c1. The van der Waals surface area contributed by atoms with Crippen LogP contribution in [0.5, 0.6) is 0 Å². The summed E-state index contributed by atoms with van der Waals surface area (Å²) in [6.07, 6.45) is 7.61. The number of rotatable bonds is 5. The summed E-state index contributed by atoms with van der Waals surface area (Å²) < 4.78 is 9.21. The molecule has 1 fully saturated rings. The molecule has 0 aliphatic carbocycles. The van der Waals surface area contributed by atoms with Crippen molar-refractivity contribution < 1.29 is 9.53 Å². The molecule has 0 unspecified atom stereocenters. The van der Waals surface area contributed by atoms with E-state index < -0.39 is 0 Å². The number of nitrogens with zero attached hydrogens (tertiary/aromatic N) is 5. The Morgan fingerprint density at radius 3 is 2.73 bits per heavy atom. The minimum Gasteiger partial charge on any atom is -0.381 e. The average Bonchev–Trinajstić information content (AvgIpc) is 3.37. The third-order valence-corrected chi connectivity index (χ3v) is 4.81. The van der Waals surface area contributed by atoms with Crippen LogP contribution in [0, 0.1) is 0 Å². The van der Waals surface area contributed by atoms with Crippen molar-refractivity contribution in [3.8, 4) is 5.69 Å². The molecule has 134 valence electrons. The number of aromatic nitrogens is 5. The lowest BCUT2D eigenvalue weighted by molar-refractivity contribution is -0.119. The number of anilines is 1. The fourth-order valence-corrected chi connectivity index (χ4v) is 3.44. The van der Waals surface area contributed by atoms with Crippen LogP contribution in [0.25, 0.3) is 5.69 Å². The molecule has 0 saturated carbocycles. The molecule has 0 bridgehead atoms. The number of benzene rings is 1. The van der Waals surface area contributed by atoms with Gasteiger partial charge in [0.25, 0.3) is 0 Å². The number of tetrazole rings is 1. The van der Waals surface area contributed by atoms with Crippen LogP contribution in [0.3, 0.4) is 0 Å². The summed E-state index contributed by atoms with van der Waals surface area (Å²) in [4.78, 5) is 12.8. The zero-order valence-corrected chi connectivity index (χ0v) is 14.3. The van der Waals surface area contributed by atoms with E-state index in [1.54, 1.807) is 4.68 Å². The first-order chi connectivity index (χ1) is 12.8. The minimum absolute atomic E-state index is 0.0190. The van der Waals surface area contributed by atoms with Gasteiger partial charge in [0.05, 0.1) is 17.6 Å². The summed E-state index contributed by atoms with van der Waals surface area (Å²) in [5.41, 5.74) is 1.27. The predicted octanol–water partition coefficient (Wildman–Crippen LogP) is 2.00. The Morgan fingerprint density at radius 2 is 2.00 bits per heavy atom. The number of ether oxygens (including phenoxy) is 1. The molecule has 1 aliphatic rings. The molecule has 8 nitrogen and oxygen atoms in total. The van der Waals surface area contributed by atoms with Crippen LogP contribution in [-0.2, 0) is 15.1 Å². The molecule has 1 amide bonds. The maximum atomic E-state index is 12.8. The van der Waals surface area contributed by atoms with Crippen LogP contribution >= 0.6 is 0 Å². The van der Waals surface area contributed by atoms with Gasteiger partial charge >= 0.3 is 0 Å². The quantitative estimate of drug-likeness (QED) is 0.759. The molecule has 0 radical (unpaired) electrons. The zero-order chi connectivity index (χ0) is 17.8. The molecule has 3 aromatic rings. The third kappa shape index (κ3) is 3.36. The Balaban J connectivity index is 1.50. The molecule has 1 N–H and O–H groups in total. The van der Waals surface area contributed by atoms with Crippen LogP contribution in [0.1, 0.15) is 19.3 Å². The summed E-state index contributed by atoms with van der Waals surface area (Å²) in [5, 5.41) is 14.1. The predicted molar refractivity (Wildman–Crippen MR) is 94.9 cm³/mol. The van der Waals surface area contributed by atoms with E-state index in [-0.39, 0.29) is 11.4 Å². The highest BCUT2D eigenvalue weighted by atomic mass is 16.5. The van der Waals surface area contributed by atoms with E-state index in [1.807, 2.05) is 48.8 Å². The molecular formula is C18H20N6O2. The standard InChI is InChI=1S/C18H20N6O2/c25-17(13-18(6-10-26-11-7-18)23-8-1-2-9-23)20-15-4-3-5-16(12-15)24-14-19-21-22-24/h1-5,8-9,12,14H,6-7,10-11,13H2,(H,20,25). The number of amides is 1. The highest BCUT2D eigenvalue weighted by molar-refractivity contribution is 5.91. The summed E-state index contributed by atoms with van der Waals surface area (Å²) in [6, 6.07) is 11.4. The van der Waals surface area contributed by atoms with Crippen LogP contribution in [0.2, 0.25) is 0 Å². The Kier molecular flexibility index (Phi) is 4.49. The Hall–Kier alpha value is -3.00. The van der Waals surface area contributed by atoms with Crippen molar-refractivity contribution in [2.24, 2.45) is 0 Å². The topological polar surface area (TPSA) is 86.9 Å². The summed E-state index contributed by atoms with van der Waals surface area (Å²) in [6.45, 7) is 1.33. The monoisotopic (exact) mass is 352 g/mol. The molecule has 0 atom stereocenters. The van der Waals surface area contributed by atoms with E-state index in [2.05, 4.69) is 25.4 Å². The molecule has 4 rings (SSSR count). The van der Waals surface area contributed by atoms with E-state index in [0.29, 0.717) is 19.6 Å². The highest BCUT2D eigenvalue weighted by Crippen LogP contribution is 2.33. The Labute approximate surface area is 150 Å². The molecule has 8 heteroatoms. The fourth-order valence-electron chi connectivity index (χ4n) is 3.44. The average molecular weight is 352 g/mol. The van der Waals surface area contributed by atoms with Crippen LogP contribution in [0.4, 0.5) is 5.69 Å². The van der Waals surface area contributed by atoms with Gasteiger partial charge in [0, 0.05) is 31.3 Å². The summed E-state index contributed by atoms with van der Waals surface area (Å²) >= 11 is 0. The van der Waals surface area contributed by atoms with Crippen molar-refractivity contribution in [1.82, 2.24) is 24.8 Å². The molecule has 3 heterocycles. The highest BCUT2D eigenvalue weighted by Gasteiger charge is 2.36. The van der Waals surface area contributed by atoms with Crippen molar-refractivity contribution in [3.05, 3.63) is 55.1 Å². The Morgan fingerprint density at radius 1 is 1.19 bits per heavy atom. The van der Waals surface area contributed by atoms with Crippen LogP contribution in [-0.4, -0.2) is 43.9 Å². The van der Waals surface area contributed by atoms with Crippen LogP contribution < -0.4 is 5.32 Å². The lowest BCUT2D eigenvalue weighted by Gasteiger charge is -2.38. The maximum Gasteiger partial charge on any atom is 0.226 e. The molecule has 2 aromatic heterocycles. The van der Waals surface area contributed by atoms with Gasteiger partial charge in [-0.2, -0.15) is 0 Å². The maximum absolute atomic E-state index is 12.8. The largest absolute Gasteiger partial charge is 0.381 e. The Bertz CT molecular complexity index is 854. The normalized spacial score (nSPS) is 16.3. The van der Waals surface area contributed by atoms with E-state index in [1.165, 1.54) is 6.33 Å². The van der Waals surface area contributed by atoms with E-state index in [4.69, 9.17) is 4.74 Å². The molecular weight excluding hydrogens is 332 g/mol. The van der Waals surface area contributed by atoms with Gasteiger partial charge < -0.3 is 14.6 Å². The molecule has 1 aromatic carbocycles. The van der Waals surface area contributed by atoms with Crippen molar-refractivity contribution in [1.29, 1.82) is 0 Å². The van der Waals surface area contributed by atoms with E-state index in [9.17, 15) is 4.79 Å². The van der Waals surface area contributed by atoms with E-state index >= 15 is 0 Å². The number of carbonyl (C=O) groups excluding carboxylic acids is 1. The second kappa shape index (κ2) is 7.09. The second-order valence-electron chi connectivity index (χ2n) is 6.46. The second-order valence-corrected chi connectivity index (χ2v) is 6.46. The van der Waals surface area contributed by atoms with Gasteiger partial charge in [0.2, 0.25) is 5.91 Å². The third-order valence-electron chi connectivity index (χ3n) is 4.81. The van der Waals surface area contributed by atoms with Gasteiger partial charge in [-0.3, -0.25) is 4.79 Å². The van der Waals surface area contributed by atoms with Crippen molar-refractivity contribution >= 4 is 11.6 Å².